The molecule has 2 amide bonds. The van der Waals surface area contributed by atoms with Crippen molar-refractivity contribution in [1.82, 2.24) is 10.2 Å². The van der Waals surface area contributed by atoms with Gasteiger partial charge >= 0.3 is 0 Å². The van der Waals surface area contributed by atoms with Crippen molar-refractivity contribution in [2.24, 2.45) is 5.92 Å². The minimum Gasteiger partial charge on any atom is -0.383 e. The molecule has 0 aromatic rings. The van der Waals surface area contributed by atoms with Gasteiger partial charge in [-0.15, -0.1) is 0 Å². The lowest BCUT2D eigenvalue weighted by Gasteiger charge is -2.22. The van der Waals surface area contributed by atoms with Crippen molar-refractivity contribution in [2.45, 2.75) is 26.3 Å². The van der Waals surface area contributed by atoms with Crippen molar-refractivity contribution in [3.05, 3.63) is 0 Å². The van der Waals surface area contributed by atoms with Crippen LogP contribution in [0.4, 0.5) is 0 Å². The van der Waals surface area contributed by atoms with Crippen molar-refractivity contribution in [3.8, 4) is 0 Å². The summed E-state index contributed by atoms with van der Waals surface area (Å²) in [5.74, 6) is -0.308. The highest BCUT2D eigenvalue weighted by molar-refractivity contribution is 6.03. The number of likely N-dealkylation sites (tertiary alicyclic amines) is 1. The van der Waals surface area contributed by atoms with E-state index < -0.39 is 0 Å². The van der Waals surface area contributed by atoms with E-state index in [1.165, 1.54) is 4.90 Å². The summed E-state index contributed by atoms with van der Waals surface area (Å²) in [6, 6.07) is 0.0215. The monoisotopic (exact) mass is 228 g/mol. The third-order valence-corrected chi connectivity index (χ3v) is 2.73. The molecule has 1 fully saturated rings. The van der Waals surface area contributed by atoms with Crippen LogP contribution in [0.3, 0.4) is 0 Å². The minimum atomic E-state index is -0.169. The van der Waals surface area contributed by atoms with E-state index in [2.05, 4.69) is 5.32 Å². The number of hydrogen-bond acceptors (Lipinski definition) is 4. The lowest BCUT2D eigenvalue weighted by molar-refractivity contribution is -0.139. The highest BCUT2D eigenvalue weighted by Gasteiger charge is 2.36. The predicted octanol–water partition coefficient (Wildman–Crippen LogP) is 0.00590. The number of carbonyl (C=O) groups excluding carboxylic acids is 2. The average Bonchev–Trinajstić information content (AvgIpc) is 2.46. The van der Waals surface area contributed by atoms with Gasteiger partial charge in [-0.05, 0) is 6.54 Å². The van der Waals surface area contributed by atoms with Gasteiger partial charge in [0.2, 0.25) is 11.8 Å². The molecule has 16 heavy (non-hydrogen) atoms. The van der Waals surface area contributed by atoms with Crippen LogP contribution in [0.15, 0.2) is 0 Å². The maximum Gasteiger partial charge on any atom is 0.232 e. The summed E-state index contributed by atoms with van der Waals surface area (Å²) >= 11 is 0. The molecule has 2 atom stereocenters. The lowest BCUT2D eigenvalue weighted by Crippen LogP contribution is -2.46. The molecule has 0 aromatic carbocycles. The lowest BCUT2D eigenvalue weighted by atomic mass is 10.1. The molecule has 0 radical (unpaired) electrons. The zero-order chi connectivity index (χ0) is 12.1. The Morgan fingerprint density at radius 1 is 1.56 bits per heavy atom. The molecule has 0 bridgehead atoms. The predicted molar refractivity (Wildman–Crippen MR) is 59.8 cm³/mol. The van der Waals surface area contributed by atoms with Crippen LogP contribution < -0.4 is 5.32 Å². The Morgan fingerprint density at radius 2 is 2.25 bits per heavy atom. The van der Waals surface area contributed by atoms with Gasteiger partial charge in [0.05, 0.1) is 6.61 Å². The highest BCUT2D eigenvalue weighted by Crippen LogP contribution is 2.18. The molecular weight excluding hydrogens is 208 g/mol. The molecule has 2 unspecified atom stereocenters. The van der Waals surface area contributed by atoms with E-state index in [-0.39, 0.29) is 23.8 Å². The summed E-state index contributed by atoms with van der Waals surface area (Å²) in [4.78, 5) is 24.6. The molecule has 0 spiro atoms. The molecule has 1 N–H and O–H groups in total. The molecule has 1 rings (SSSR count). The number of hydrogen-bond donors (Lipinski definition) is 1. The van der Waals surface area contributed by atoms with Crippen molar-refractivity contribution >= 4 is 11.8 Å². The molecule has 1 saturated heterocycles. The summed E-state index contributed by atoms with van der Waals surface area (Å²) in [7, 11) is 1.61. The van der Waals surface area contributed by atoms with E-state index in [4.69, 9.17) is 4.74 Å². The van der Waals surface area contributed by atoms with Gasteiger partial charge in [0.1, 0.15) is 0 Å². The van der Waals surface area contributed by atoms with Crippen molar-refractivity contribution in [2.75, 3.05) is 26.8 Å². The number of carbonyl (C=O) groups is 2. The molecule has 1 heterocycles. The van der Waals surface area contributed by atoms with E-state index in [0.29, 0.717) is 19.6 Å². The number of nitrogens with zero attached hydrogens (tertiary/aromatic N) is 1. The number of nitrogens with one attached hydrogen (secondary N) is 1. The summed E-state index contributed by atoms with van der Waals surface area (Å²) in [6.07, 6.45) is 0.338. The summed E-state index contributed by atoms with van der Waals surface area (Å²) in [5, 5.41) is 3.20. The number of rotatable bonds is 6. The fourth-order valence-corrected chi connectivity index (χ4v) is 1.93. The molecular formula is C11H20N2O3. The van der Waals surface area contributed by atoms with Gasteiger partial charge in [-0.1, -0.05) is 13.8 Å². The van der Waals surface area contributed by atoms with Crippen LogP contribution in [-0.2, 0) is 14.3 Å². The first-order chi connectivity index (χ1) is 7.60. The van der Waals surface area contributed by atoms with Crippen LogP contribution in [0.2, 0.25) is 0 Å². The Hall–Kier alpha value is -0.940. The maximum absolute atomic E-state index is 11.7. The smallest absolute Gasteiger partial charge is 0.232 e. The normalized spacial score (nSPS) is 22.9. The van der Waals surface area contributed by atoms with Gasteiger partial charge in [-0.2, -0.15) is 0 Å². The first-order valence-electron chi connectivity index (χ1n) is 5.66. The Kier molecular flexibility index (Phi) is 4.89. The Bertz CT molecular complexity index is 262. The molecule has 92 valence electrons. The molecule has 0 aromatic heterocycles. The van der Waals surface area contributed by atoms with Crippen LogP contribution in [0.5, 0.6) is 0 Å². The fourth-order valence-electron chi connectivity index (χ4n) is 1.93. The molecule has 1 aliphatic rings. The molecule has 5 nitrogen and oxygen atoms in total. The zero-order valence-electron chi connectivity index (χ0n) is 10.2. The Morgan fingerprint density at radius 3 is 2.69 bits per heavy atom. The fraction of sp³-hybridized carbons (Fsp3) is 0.818. The number of imide groups is 1. The third-order valence-electron chi connectivity index (χ3n) is 2.73. The highest BCUT2D eigenvalue weighted by atomic mass is 16.5. The second-order valence-corrected chi connectivity index (χ2v) is 4.16. The van der Waals surface area contributed by atoms with Crippen LogP contribution >= 0.6 is 0 Å². The zero-order valence-corrected chi connectivity index (χ0v) is 10.2. The van der Waals surface area contributed by atoms with Crippen LogP contribution in [0.1, 0.15) is 20.3 Å². The van der Waals surface area contributed by atoms with Gasteiger partial charge in [0.15, 0.2) is 0 Å². The first kappa shape index (κ1) is 13.1. The number of amides is 2. The second kappa shape index (κ2) is 5.96. The topological polar surface area (TPSA) is 58.6 Å². The van der Waals surface area contributed by atoms with Crippen LogP contribution in [-0.4, -0.2) is 49.6 Å². The SMILES string of the molecule is CCNC(COC)CN1C(=O)CC(C)C1=O. The van der Waals surface area contributed by atoms with Crippen molar-refractivity contribution in [1.29, 1.82) is 0 Å². The van der Waals surface area contributed by atoms with Crippen LogP contribution in [0.25, 0.3) is 0 Å². The largest absolute Gasteiger partial charge is 0.383 e. The van der Waals surface area contributed by atoms with Gasteiger partial charge in [0.25, 0.3) is 0 Å². The van der Waals surface area contributed by atoms with E-state index in [1.807, 2.05) is 6.92 Å². The standard InChI is InChI=1S/C11H20N2O3/c1-4-12-9(7-16-3)6-13-10(14)5-8(2)11(13)15/h8-9,12H,4-7H2,1-3H3. The minimum absolute atomic E-state index is 0.0215. The quantitative estimate of drug-likeness (QED) is 0.650. The van der Waals surface area contributed by atoms with Crippen LogP contribution in [0, 0.1) is 5.92 Å². The maximum atomic E-state index is 11.7. The van der Waals surface area contributed by atoms with Crippen molar-refractivity contribution < 1.29 is 14.3 Å². The van der Waals surface area contributed by atoms with Crippen molar-refractivity contribution in [3.63, 3.8) is 0 Å². The van der Waals surface area contributed by atoms with Gasteiger partial charge < -0.3 is 10.1 Å². The Balaban J connectivity index is 2.56. The number of methoxy groups -OCH3 is 1. The van der Waals surface area contributed by atoms with Gasteiger partial charge in [-0.25, -0.2) is 0 Å². The summed E-state index contributed by atoms with van der Waals surface area (Å²) in [6.45, 7) is 5.47. The number of ether oxygens (including phenoxy) is 1. The molecule has 0 saturated carbocycles. The van der Waals surface area contributed by atoms with Gasteiger partial charge in [-0.3, -0.25) is 14.5 Å². The second-order valence-electron chi connectivity index (χ2n) is 4.16. The summed E-state index contributed by atoms with van der Waals surface area (Å²) < 4.78 is 5.05. The average molecular weight is 228 g/mol. The van der Waals surface area contributed by atoms with E-state index in [0.717, 1.165) is 6.54 Å². The van der Waals surface area contributed by atoms with E-state index in [1.54, 1.807) is 14.0 Å². The Labute approximate surface area is 96.1 Å². The third kappa shape index (κ3) is 3.02. The first-order valence-corrected chi connectivity index (χ1v) is 5.66. The molecule has 5 heteroatoms. The van der Waals surface area contributed by atoms with Gasteiger partial charge in [0, 0.05) is 32.0 Å². The molecule has 0 aliphatic carbocycles. The van der Waals surface area contributed by atoms with E-state index in [9.17, 15) is 9.59 Å². The number of likely N-dealkylation sites (N-methyl/N-ethyl adjacent to an activating group) is 1. The van der Waals surface area contributed by atoms with E-state index >= 15 is 0 Å². The summed E-state index contributed by atoms with van der Waals surface area (Å²) in [5.41, 5.74) is 0. The molecule has 1 aliphatic heterocycles.